The minimum absolute atomic E-state index is 0.151. The van der Waals surface area contributed by atoms with Gasteiger partial charge in [0.15, 0.2) is 0 Å². The number of rotatable bonds is 6. The Hall–Kier alpha value is -1.13. The first-order valence-electron chi connectivity index (χ1n) is 7.47. The van der Waals surface area contributed by atoms with Crippen molar-refractivity contribution in [2.45, 2.75) is 38.8 Å². The molecule has 2 rings (SSSR count). The van der Waals surface area contributed by atoms with E-state index in [0.29, 0.717) is 12.3 Å². The summed E-state index contributed by atoms with van der Waals surface area (Å²) in [4.78, 5) is 2.00. The minimum atomic E-state index is -0.151. The largest absolute Gasteiger partial charge is 0.379 e. The standard InChI is InChI=1S/C16H25FN2O/c1-4-8-18-12(2)13-5-6-16(15(17)10-13)19(3)14-7-9-20-11-14/h5-6,10,12,14,18H,4,7-9,11H2,1-3H3. The number of nitrogens with zero attached hydrogens (tertiary/aromatic N) is 1. The van der Waals surface area contributed by atoms with Gasteiger partial charge in [-0.3, -0.25) is 0 Å². The van der Waals surface area contributed by atoms with Crippen LogP contribution in [-0.2, 0) is 4.74 Å². The van der Waals surface area contributed by atoms with Crippen LogP contribution in [0.4, 0.5) is 10.1 Å². The summed E-state index contributed by atoms with van der Waals surface area (Å²) in [6.45, 7) is 6.60. The topological polar surface area (TPSA) is 24.5 Å². The van der Waals surface area contributed by atoms with Crippen molar-refractivity contribution in [3.05, 3.63) is 29.6 Å². The Labute approximate surface area is 121 Å². The first-order chi connectivity index (χ1) is 9.63. The zero-order valence-corrected chi connectivity index (χ0v) is 12.7. The van der Waals surface area contributed by atoms with Crippen LogP contribution >= 0.6 is 0 Å². The molecule has 112 valence electrons. The van der Waals surface area contributed by atoms with E-state index in [1.807, 2.05) is 24.1 Å². The van der Waals surface area contributed by atoms with E-state index in [1.54, 1.807) is 6.07 Å². The fourth-order valence-electron chi connectivity index (χ4n) is 2.58. The number of halogens is 1. The van der Waals surface area contributed by atoms with Crippen LogP contribution in [-0.4, -0.2) is 32.8 Å². The zero-order valence-electron chi connectivity index (χ0n) is 12.7. The number of ether oxygens (including phenoxy) is 1. The van der Waals surface area contributed by atoms with Gasteiger partial charge in [0.2, 0.25) is 0 Å². The molecule has 0 bridgehead atoms. The predicted molar refractivity (Wildman–Crippen MR) is 80.7 cm³/mol. The van der Waals surface area contributed by atoms with Crippen molar-refractivity contribution in [1.82, 2.24) is 5.32 Å². The van der Waals surface area contributed by atoms with E-state index in [1.165, 1.54) is 0 Å². The molecule has 1 heterocycles. The van der Waals surface area contributed by atoms with Crippen molar-refractivity contribution in [2.24, 2.45) is 0 Å². The maximum absolute atomic E-state index is 14.3. The van der Waals surface area contributed by atoms with Crippen molar-refractivity contribution in [1.29, 1.82) is 0 Å². The number of hydrogen-bond donors (Lipinski definition) is 1. The van der Waals surface area contributed by atoms with Crippen LogP contribution in [0.2, 0.25) is 0 Å². The molecule has 0 amide bonds. The third kappa shape index (κ3) is 3.49. The Morgan fingerprint density at radius 2 is 2.30 bits per heavy atom. The molecule has 20 heavy (non-hydrogen) atoms. The van der Waals surface area contributed by atoms with Crippen LogP contribution in [0, 0.1) is 5.82 Å². The van der Waals surface area contributed by atoms with Gasteiger partial charge in [-0.2, -0.15) is 0 Å². The summed E-state index contributed by atoms with van der Waals surface area (Å²) in [5.74, 6) is -0.151. The highest BCUT2D eigenvalue weighted by Gasteiger charge is 2.22. The molecule has 1 fully saturated rings. The van der Waals surface area contributed by atoms with Gasteiger partial charge in [-0.25, -0.2) is 4.39 Å². The lowest BCUT2D eigenvalue weighted by atomic mass is 10.1. The fourth-order valence-corrected chi connectivity index (χ4v) is 2.58. The summed E-state index contributed by atoms with van der Waals surface area (Å²) in [5.41, 5.74) is 1.66. The molecule has 4 heteroatoms. The molecular weight excluding hydrogens is 255 g/mol. The van der Waals surface area contributed by atoms with Crippen LogP contribution in [0.1, 0.15) is 38.3 Å². The van der Waals surface area contributed by atoms with E-state index < -0.39 is 0 Å². The first-order valence-corrected chi connectivity index (χ1v) is 7.47. The fraction of sp³-hybridized carbons (Fsp3) is 0.625. The number of nitrogens with one attached hydrogen (secondary N) is 1. The third-order valence-electron chi connectivity index (χ3n) is 4.01. The molecule has 0 saturated carbocycles. The normalized spacial score (nSPS) is 20.1. The van der Waals surface area contributed by atoms with Crippen LogP contribution in [0.15, 0.2) is 18.2 Å². The Kier molecular flexibility index (Phi) is 5.38. The molecule has 0 spiro atoms. The highest BCUT2D eigenvalue weighted by Crippen LogP contribution is 2.26. The Morgan fingerprint density at radius 1 is 1.50 bits per heavy atom. The molecule has 0 aliphatic carbocycles. The highest BCUT2D eigenvalue weighted by atomic mass is 19.1. The van der Waals surface area contributed by atoms with Gasteiger partial charge in [0.1, 0.15) is 5.82 Å². The Morgan fingerprint density at radius 3 is 2.90 bits per heavy atom. The second-order valence-corrected chi connectivity index (χ2v) is 5.51. The van der Waals surface area contributed by atoms with E-state index in [-0.39, 0.29) is 17.9 Å². The van der Waals surface area contributed by atoms with Crippen LogP contribution < -0.4 is 10.2 Å². The van der Waals surface area contributed by atoms with Gasteiger partial charge in [0.25, 0.3) is 0 Å². The molecule has 3 nitrogen and oxygen atoms in total. The molecule has 0 aromatic heterocycles. The SMILES string of the molecule is CCCNC(C)c1ccc(N(C)C2CCOC2)c(F)c1. The van der Waals surface area contributed by atoms with Crippen molar-refractivity contribution in [3.63, 3.8) is 0 Å². The molecular formula is C16H25FN2O. The van der Waals surface area contributed by atoms with Gasteiger partial charge in [0.05, 0.1) is 18.3 Å². The van der Waals surface area contributed by atoms with Crippen molar-refractivity contribution < 1.29 is 9.13 Å². The quantitative estimate of drug-likeness (QED) is 0.866. The molecule has 1 saturated heterocycles. The van der Waals surface area contributed by atoms with Gasteiger partial charge in [-0.1, -0.05) is 13.0 Å². The summed E-state index contributed by atoms with van der Waals surface area (Å²) < 4.78 is 19.7. The highest BCUT2D eigenvalue weighted by molar-refractivity contribution is 5.50. The van der Waals surface area contributed by atoms with Gasteiger partial charge >= 0.3 is 0 Å². The minimum Gasteiger partial charge on any atom is -0.379 e. The third-order valence-corrected chi connectivity index (χ3v) is 4.01. The molecule has 1 aromatic carbocycles. The molecule has 1 N–H and O–H groups in total. The van der Waals surface area contributed by atoms with E-state index in [2.05, 4.69) is 19.2 Å². The number of hydrogen-bond acceptors (Lipinski definition) is 3. The maximum atomic E-state index is 14.3. The number of anilines is 1. The number of likely N-dealkylation sites (N-methyl/N-ethyl adjacent to an activating group) is 1. The summed E-state index contributed by atoms with van der Waals surface area (Å²) in [5, 5.41) is 3.38. The Bertz CT molecular complexity index is 432. The number of benzene rings is 1. The van der Waals surface area contributed by atoms with Crippen molar-refractivity contribution >= 4 is 5.69 Å². The molecule has 1 aromatic rings. The predicted octanol–water partition coefficient (Wildman–Crippen LogP) is 3.11. The summed E-state index contributed by atoms with van der Waals surface area (Å²) in [6.07, 6.45) is 2.04. The average Bonchev–Trinajstić information content (AvgIpc) is 2.98. The van der Waals surface area contributed by atoms with Gasteiger partial charge < -0.3 is 15.0 Å². The molecule has 2 atom stereocenters. The van der Waals surface area contributed by atoms with Crippen LogP contribution in [0.5, 0.6) is 0 Å². The van der Waals surface area contributed by atoms with E-state index in [4.69, 9.17) is 4.74 Å². The lowest BCUT2D eigenvalue weighted by molar-refractivity contribution is 0.193. The van der Waals surface area contributed by atoms with Gasteiger partial charge in [0, 0.05) is 19.7 Å². The van der Waals surface area contributed by atoms with Crippen LogP contribution in [0.25, 0.3) is 0 Å². The zero-order chi connectivity index (χ0) is 14.5. The monoisotopic (exact) mass is 280 g/mol. The lowest BCUT2D eigenvalue weighted by Crippen LogP contribution is -2.32. The smallest absolute Gasteiger partial charge is 0.146 e. The second kappa shape index (κ2) is 7.04. The lowest BCUT2D eigenvalue weighted by Gasteiger charge is -2.26. The van der Waals surface area contributed by atoms with Crippen molar-refractivity contribution in [2.75, 3.05) is 31.7 Å². The summed E-state index contributed by atoms with van der Waals surface area (Å²) in [7, 11) is 1.94. The second-order valence-electron chi connectivity index (χ2n) is 5.51. The molecule has 1 aliphatic rings. The van der Waals surface area contributed by atoms with Crippen LogP contribution in [0.3, 0.4) is 0 Å². The molecule has 1 aliphatic heterocycles. The van der Waals surface area contributed by atoms with Crippen molar-refractivity contribution in [3.8, 4) is 0 Å². The first kappa shape index (κ1) is 15.3. The van der Waals surface area contributed by atoms with E-state index in [9.17, 15) is 4.39 Å². The average molecular weight is 280 g/mol. The van der Waals surface area contributed by atoms with E-state index >= 15 is 0 Å². The summed E-state index contributed by atoms with van der Waals surface area (Å²) in [6, 6.07) is 6.00. The maximum Gasteiger partial charge on any atom is 0.146 e. The Balaban J connectivity index is 2.08. The summed E-state index contributed by atoms with van der Waals surface area (Å²) >= 11 is 0. The van der Waals surface area contributed by atoms with E-state index in [0.717, 1.165) is 31.6 Å². The van der Waals surface area contributed by atoms with Gasteiger partial charge in [-0.15, -0.1) is 0 Å². The molecule has 0 radical (unpaired) electrons. The molecule has 2 unspecified atom stereocenters. The van der Waals surface area contributed by atoms with Gasteiger partial charge in [-0.05, 0) is 44.0 Å².